The molecule has 2 rings (SSSR count). The molecule has 1 atom stereocenters. The second-order valence-electron chi connectivity index (χ2n) is 5.48. The van der Waals surface area contributed by atoms with Crippen molar-refractivity contribution in [3.05, 3.63) is 11.8 Å². The minimum Gasteiger partial charge on any atom is -0.351 e. The third-order valence-electron chi connectivity index (χ3n) is 3.57. The maximum atomic E-state index is 12.2. The topological polar surface area (TPSA) is 104 Å². The SMILES string of the molecule is CC(C)c1cc(NC(=O)C2CCCN(C(N)=O)C2)n[nH]1. The number of carbonyl (C=O) groups excluding carboxylic acids is 2. The number of amides is 3. The Bertz CT molecular complexity index is 497. The van der Waals surface area contributed by atoms with Crippen LogP contribution in [0.4, 0.5) is 10.6 Å². The van der Waals surface area contributed by atoms with Gasteiger partial charge in [0.25, 0.3) is 0 Å². The standard InChI is InChI=1S/C13H21N5O2/c1-8(2)10-6-11(17-16-10)15-12(19)9-4-3-5-18(7-9)13(14)20/h6,8-9H,3-5,7H2,1-2H3,(H2,14,20)(H2,15,16,17,19). The van der Waals surface area contributed by atoms with Gasteiger partial charge in [-0.1, -0.05) is 13.8 Å². The molecule has 1 aliphatic rings. The predicted molar refractivity (Wildman–Crippen MR) is 75.2 cm³/mol. The molecular formula is C13H21N5O2. The first kappa shape index (κ1) is 14.4. The Balaban J connectivity index is 1.95. The number of nitrogens with one attached hydrogen (secondary N) is 2. The van der Waals surface area contributed by atoms with Crippen molar-refractivity contribution < 1.29 is 9.59 Å². The lowest BCUT2D eigenvalue weighted by atomic mass is 9.97. The Kier molecular flexibility index (Phi) is 4.26. The molecule has 1 aromatic rings. The van der Waals surface area contributed by atoms with Gasteiger partial charge in [0.15, 0.2) is 5.82 Å². The number of nitrogens with two attached hydrogens (primary N) is 1. The molecular weight excluding hydrogens is 258 g/mol. The summed E-state index contributed by atoms with van der Waals surface area (Å²) in [5.41, 5.74) is 6.23. The maximum Gasteiger partial charge on any atom is 0.314 e. The molecule has 1 aromatic heterocycles. The molecule has 0 bridgehead atoms. The molecule has 7 heteroatoms. The van der Waals surface area contributed by atoms with Crippen LogP contribution in [-0.4, -0.2) is 40.1 Å². The van der Waals surface area contributed by atoms with E-state index in [1.54, 1.807) is 0 Å². The molecule has 0 saturated carbocycles. The number of aromatic amines is 1. The number of H-pyrrole nitrogens is 1. The molecule has 0 spiro atoms. The average molecular weight is 279 g/mol. The summed E-state index contributed by atoms with van der Waals surface area (Å²) < 4.78 is 0. The van der Waals surface area contributed by atoms with Crippen LogP contribution in [0, 0.1) is 5.92 Å². The van der Waals surface area contributed by atoms with E-state index in [1.165, 1.54) is 4.90 Å². The van der Waals surface area contributed by atoms with Crippen molar-refractivity contribution in [3.63, 3.8) is 0 Å². The highest BCUT2D eigenvalue weighted by molar-refractivity contribution is 5.92. The van der Waals surface area contributed by atoms with E-state index in [9.17, 15) is 9.59 Å². The fraction of sp³-hybridized carbons (Fsp3) is 0.615. The number of anilines is 1. The molecule has 110 valence electrons. The van der Waals surface area contributed by atoms with E-state index in [-0.39, 0.29) is 11.8 Å². The van der Waals surface area contributed by atoms with Gasteiger partial charge in [0.1, 0.15) is 0 Å². The zero-order chi connectivity index (χ0) is 14.7. The van der Waals surface area contributed by atoms with E-state index in [2.05, 4.69) is 15.5 Å². The van der Waals surface area contributed by atoms with Crippen LogP contribution in [0.2, 0.25) is 0 Å². The van der Waals surface area contributed by atoms with Gasteiger partial charge in [0, 0.05) is 24.8 Å². The zero-order valence-corrected chi connectivity index (χ0v) is 11.8. The minimum atomic E-state index is -0.468. The molecule has 0 aromatic carbocycles. The molecule has 4 N–H and O–H groups in total. The summed E-state index contributed by atoms with van der Waals surface area (Å²) in [6.45, 7) is 5.09. The Morgan fingerprint density at radius 1 is 1.55 bits per heavy atom. The summed E-state index contributed by atoms with van der Waals surface area (Å²) in [4.78, 5) is 24.8. The predicted octanol–water partition coefficient (Wildman–Crippen LogP) is 1.26. The van der Waals surface area contributed by atoms with Crippen LogP contribution in [0.25, 0.3) is 0 Å². The first-order chi connectivity index (χ1) is 9.47. The van der Waals surface area contributed by atoms with Gasteiger partial charge in [0.2, 0.25) is 5.91 Å². The van der Waals surface area contributed by atoms with Crippen LogP contribution < -0.4 is 11.1 Å². The van der Waals surface area contributed by atoms with Crippen LogP contribution in [0.15, 0.2) is 6.07 Å². The molecule has 1 unspecified atom stereocenters. The van der Waals surface area contributed by atoms with Crippen molar-refractivity contribution in [2.45, 2.75) is 32.6 Å². The lowest BCUT2D eigenvalue weighted by molar-refractivity contribution is -0.121. The van der Waals surface area contributed by atoms with Gasteiger partial charge in [-0.3, -0.25) is 9.89 Å². The monoisotopic (exact) mass is 279 g/mol. The van der Waals surface area contributed by atoms with Crippen LogP contribution in [0.1, 0.15) is 38.3 Å². The second kappa shape index (κ2) is 5.94. The van der Waals surface area contributed by atoms with Gasteiger partial charge >= 0.3 is 6.03 Å². The molecule has 7 nitrogen and oxygen atoms in total. The second-order valence-corrected chi connectivity index (χ2v) is 5.48. The van der Waals surface area contributed by atoms with Crippen molar-refractivity contribution in [1.29, 1.82) is 0 Å². The highest BCUT2D eigenvalue weighted by atomic mass is 16.2. The number of carbonyl (C=O) groups is 2. The lowest BCUT2D eigenvalue weighted by Crippen LogP contribution is -2.46. The molecule has 2 heterocycles. The first-order valence-corrected chi connectivity index (χ1v) is 6.88. The van der Waals surface area contributed by atoms with Crippen molar-refractivity contribution >= 4 is 17.8 Å². The number of urea groups is 1. The number of aromatic nitrogens is 2. The number of hydrogen-bond acceptors (Lipinski definition) is 3. The third-order valence-corrected chi connectivity index (χ3v) is 3.57. The molecule has 20 heavy (non-hydrogen) atoms. The van der Waals surface area contributed by atoms with Gasteiger partial charge in [-0.05, 0) is 18.8 Å². The van der Waals surface area contributed by atoms with Gasteiger partial charge in [-0.25, -0.2) is 4.79 Å². The van der Waals surface area contributed by atoms with Crippen molar-refractivity contribution in [2.24, 2.45) is 11.7 Å². The summed E-state index contributed by atoms with van der Waals surface area (Å²) >= 11 is 0. The largest absolute Gasteiger partial charge is 0.351 e. The van der Waals surface area contributed by atoms with Crippen LogP contribution in [0.3, 0.4) is 0 Å². The Morgan fingerprint density at radius 2 is 2.30 bits per heavy atom. The Labute approximate surface area is 117 Å². The van der Waals surface area contributed by atoms with E-state index in [0.29, 0.717) is 24.8 Å². The Morgan fingerprint density at radius 3 is 2.90 bits per heavy atom. The zero-order valence-electron chi connectivity index (χ0n) is 11.8. The third kappa shape index (κ3) is 3.28. The molecule has 3 amide bonds. The number of hydrogen-bond donors (Lipinski definition) is 3. The molecule has 1 saturated heterocycles. The van der Waals surface area contributed by atoms with E-state index >= 15 is 0 Å². The smallest absolute Gasteiger partial charge is 0.314 e. The number of likely N-dealkylation sites (tertiary alicyclic amines) is 1. The normalized spacial score (nSPS) is 19.1. The summed E-state index contributed by atoms with van der Waals surface area (Å²) in [6, 6.07) is 1.36. The summed E-state index contributed by atoms with van der Waals surface area (Å²) in [6.07, 6.45) is 1.55. The number of piperidine rings is 1. The van der Waals surface area contributed by atoms with E-state index in [4.69, 9.17) is 5.73 Å². The van der Waals surface area contributed by atoms with Crippen LogP contribution >= 0.6 is 0 Å². The van der Waals surface area contributed by atoms with Gasteiger partial charge in [-0.2, -0.15) is 5.10 Å². The summed E-state index contributed by atoms with van der Waals surface area (Å²) in [7, 11) is 0. The highest BCUT2D eigenvalue weighted by Gasteiger charge is 2.27. The Hall–Kier alpha value is -2.05. The van der Waals surface area contributed by atoms with E-state index in [0.717, 1.165) is 18.5 Å². The summed E-state index contributed by atoms with van der Waals surface area (Å²) in [5, 5.41) is 9.74. The van der Waals surface area contributed by atoms with Gasteiger partial charge in [0.05, 0.1) is 5.92 Å². The van der Waals surface area contributed by atoms with Crippen molar-refractivity contribution in [1.82, 2.24) is 15.1 Å². The van der Waals surface area contributed by atoms with Crippen molar-refractivity contribution in [2.75, 3.05) is 18.4 Å². The van der Waals surface area contributed by atoms with Gasteiger partial charge < -0.3 is 16.0 Å². The van der Waals surface area contributed by atoms with Crippen LogP contribution in [0.5, 0.6) is 0 Å². The first-order valence-electron chi connectivity index (χ1n) is 6.88. The molecule has 0 aliphatic carbocycles. The lowest BCUT2D eigenvalue weighted by Gasteiger charge is -2.30. The average Bonchev–Trinajstić information content (AvgIpc) is 2.87. The van der Waals surface area contributed by atoms with Gasteiger partial charge in [-0.15, -0.1) is 0 Å². The molecule has 1 aliphatic heterocycles. The number of rotatable bonds is 3. The molecule has 0 radical (unpaired) electrons. The van der Waals surface area contributed by atoms with Crippen molar-refractivity contribution in [3.8, 4) is 0 Å². The fourth-order valence-corrected chi connectivity index (χ4v) is 2.32. The quantitative estimate of drug-likeness (QED) is 0.775. The van der Waals surface area contributed by atoms with E-state index in [1.807, 2.05) is 19.9 Å². The highest BCUT2D eigenvalue weighted by Crippen LogP contribution is 2.19. The summed E-state index contributed by atoms with van der Waals surface area (Å²) in [5.74, 6) is 0.510. The number of primary amides is 1. The minimum absolute atomic E-state index is 0.113. The van der Waals surface area contributed by atoms with Crippen LogP contribution in [-0.2, 0) is 4.79 Å². The number of nitrogens with zero attached hydrogens (tertiary/aromatic N) is 2. The van der Waals surface area contributed by atoms with E-state index < -0.39 is 6.03 Å². The molecule has 1 fully saturated rings. The maximum absolute atomic E-state index is 12.2. The fourth-order valence-electron chi connectivity index (χ4n) is 2.32.